The number of hydrogen-bond acceptors (Lipinski definition) is 4. The number of carbonyl (C=O) groups is 1. The van der Waals surface area contributed by atoms with Crippen LogP contribution in [0.4, 0.5) is 35.1 Å². The number of sulfone groups is 1. The molecule has 0 bridgehead atoms. The van der Waals surface area contributed by atoms with Crippen LogP contribution in [0.25, 0.3) is 5.65 Å². The van der Waals surface area contributed by atoms with Crippen molar-refractivity contribution >= 4 is 21.4 Å². The second-order valence-corrected chi connectivity index (χ2v) is 11.2. The highest BCUT2D eigenvalue weighted by Crippen LogP contribution is 2.43. The van der Waals surface area contributed by atoms with Gasteiger partial charge in [0, 0.05) is 25.5 Å². The van der Waals surface area contributed by atoms with Gasteiger partial charge in [-0.25, -0.2) is 22.2 Å². The molecule has 2 heterocycles. The van der Waals surface area contributed by atoms with Gasteiger partial charge in [0.05, 0.1) is 16.0 Å². The third-order valence-corrected chi connectivity index (χ3v) is 8.79. The Labute approximate surface area is 210 Å². The summed E-state index contributed by atoms with van der Waals surface area (Å²) in [7, 11) is -3.71. The first-order valence-corrected chi connectivity index (χ1v) is 12.6. The summed E-state index contributed by atoms with van der Waals surface area (Å²) in [6, 6.07) is 1.79. The highest BCUT2D eigenvalue weighted by atomic mass is 32.2. The highest BCUT2D eigenvalue weighted by molar-refractivity contribution is 7.92. The number of hydrogen-bond donors (Lipinski definition) is 0. The first-order chi connectivity index (χ1) is 17.4. The number of alkyl halides is 7. The van der Waals surface area contributed by atoms with E-state index in [0.29, 0.717) is 6.07 Å². The number of aromatic nitrogens is 2. The molecule has 0 atom stereocenters. The molecule has 0 radical (unpaired) electrons. The standard InChI is InChI=1S/C23H19F8N3O3S/c1-33(20(35)18-12-34-11-13(22(26,27)28)2-3-19(34)32-18)16-4-6-21(25,7-5-16)38(36,37)17-9-14(23(29,30)31)8-15(24)10-17/h2-3,8-12,16H,4-7H2,1H3/t16-,21-. The number of fused-ring (bicyclic) bond motifs is 1. The van der Waals surface area contributed by atoms with E-state index in [-0.39, 0.29) is 36.3 Å². The van der Waals surface area contributed by atoms with Gasteiger partial charge in [-0.05, 0) is 56.0 Å². The summed E-state index contributed by atoms with van der Waals surface area (Å²) >= 11 is 0. The summed E-state index contributed by atoms with van der Waals surface area (Å²) in [5, 5.41) is -3.00. The zero-order valence-electron chi connectivity index (χ0n) is 19.4. The van der Waals surface area contributed by atoms with Crippen molar-refractivity contribution in [1.82, 2.24) is 14.3 Å². The van der Waals surface area contributed by atoms with Gasteiger partial charge >= 0.3 is 12.4 Å². The number of rotatable bonds is 4. The Morgan fingerprint density at radius 3 is 2.18 bits per heavy atom. The van der Waals surface area contributed by atoms with Crippen LogP contribution in [0.5, 0.6) is 0 Å². The lowest BCUT2D eigenvalue weighted by Gasteiger charge is -2.37. The zero-order valence-corrected chi connectivity index (χ0v) is 20.3. The van der Waals surface area contributed by atoms with E-state index < -0.39 is 73.8 Å². The SMILES string of the molecule is CN(C(=O)c1cn2cc(C(F)(F)F)ccc2n1)[C@H]1CC[C@](F)(S(=O)(=O)c2cc(F)cc(C(F)(F)F)c2)CC1. The number of benzene rings is 1. The fourth-order valence-electron chi connectivity index (χ4n) is 4.39. The van der Waals surface area contributed by atoms with Gasteiger partial charge in [0.15, 0.2) is 0 Å². The average molecular weight is 569 g/mol. The summed E-state index contributed by atoms with van der Waals surface area (Å²) < 4.78 is 134. The number of halogens is 8. The van der Waals surface area contributed by atoms with Gasteiger partial charge in [-0.15, -0.1) is 0 Å². The Morgan fingerprint density at radius 2 is 1.61 bits per heavy atom. The van der Waals surface area contributed by atoms with E-state index >= 15 is 4.39 Å². The lowest BCUT2D eigenvalue weighted by atomic mass is 9.92. The van der Waals surface area contributed by atoms with Crippen molar-refractivity contribution in [3.05, 3.63) is 65.4 Å². The van der Waals surface area contributed by atoms with Crippen LogP contribution in [0.1, 0.15) is 47.3 Å². The van der Waals surface area contributed by atoms with Crippen molar-refractivity contribution in [2.24, 2.45) is 0 Å². The molecule has 0 aliphatic heterocycles. The van der Waals surface area contributed by atoms with Gasteiger partial charge in [0.1, 0.15) is 17.2 Å². The molecule has 1 saturated carbocycles. The van der Waals surface area contributed by atoms with Gasteiger partial charge in [0.25, 0.3) is 5.91 Å². The topological polar surface area (TPSA) is 71.8 Å². The number of nitrogens with zero attached hydrogens (tertiary/aromatic N) is 3. The van der Waals surface area contributed by atoms with Crippen molar-refractivity contribution < 1.29 is 48.3 Å². The monoisotopic (exact) mass is 569 g/mol. The largest absolute Gasteiger partial charge is 0.417 e. The van der Waals surface area contributed by atoms with Crippen LogP contribution in [0.2, 0.25) is 0 Å². The lowest BCUT2D eigenvalue weighted by Crippen LogP contribution is -2.46. The molecular formula is C23H19F8N3O3S. The predicted molar refractivity (Wildman–Crippen MR) is 117 cm³/mol. The third kappa shape index (κ3) is 5.07. The number of imidazole rings is 1. The van der Waals surface area contributed by atoms with Crippen molar-refractivity contribution in [2.45, 2.75) is 54.0 Å². The lowest BCUT2D eigenvalue weighted by molar-refractivity contribution is -0.138. The molecular weight excluding hydrogens is 550 g/mol. The minimum atomic E-state index is -5.05. The molecule has 0 spiro atoms. The summed E-state index contributed by atoms with van der Waals surface area (Å²) in [6.07, 6.45) is -9.58. The molecule has 4 rings (SSSR count). The molecule has 0 saturated heterocycles. The number of pyridine rings is 1. The van der Waals surface area contributed by atoms with Gasteiger partial charge in [-0.2, -0.15) is 26.3 Å². The fraction of sp³-hybridized carbons (Fsp3) is 0.391. The molecule has 1 fully saturated rings. The Hall–Kier alpha value is -3.23. The van der Waals surface area contributed by atoms with Gasteiger partial charge in [-0.1, -0.05) is 0 Å². The second kappa shape index (κ2) is 9.20. The summed E-state index contributed by atoms with van der Waals surface area (Å²) in [4.78, 5) is 16.9. The van der Waals surface area contributed by atoms with Crippen LogP contribution in [-0.2, 0) is 22.2 Å². The summed E-state index contributed by atoms with van der Waals surface area (Å²) in [5.74, 6) is -2.20. The van der Waals surface area contributed by atoms with E-state index in [1.165, 1.54) is 7.05 Å². The zero-order chi connectivity index (χ0) is 28.3. The molecule has 15 heteroatoms. The van der Waals surface area contributed by atoms with E-state index in [2.05, 4.69) is 4.98 Å². The van der Waals surface area contributed by atoms with Gasteiger partial charge in [0.2, 0.25) is 14.8 Å². The smallest absolute Gasteiger partial charge is 0.337 e. The predicted octanol–water partition coefficient (Wildman–Crippen LogP) is 5.67. The highest BCUT2D eigenvalue weighted by Gasteiger charge is 2.49. The molecule has 1 aliphatic carbocycles. The molecule has 6 nitrogen and oxygen atoms in total. The molecule has 38 heavy (non-hydrogen) atoms. The van der Waals surface area contributed by atoms with E-state index in [9.17, 15) is 43.9 Å². The molecule has 2 aromatic heterocycles. The van der Waals surface area contributed by atoms with Gasteiger partial charge in [-0.3, -0.25) is 4.79 Å². The van der Waals surface area contributed by atoms with E-state index in [1.807, 2.05) is 0 Å². The molecule has 0 unspecified atom stereocenters. The second-order valence-electron chi connectivity index (χ2n) is 9.01. The maximum absolute atomic E-state index is 15.6. The molecule has 1 amide bonds. The van der Waals surface area contributed by atoms with Crippen LogP contribution >= 0.6 is 0 Å². The Morgan fingerprint density at radius 1 is 1.00 bits per heavy atom. The van der Waals surface area contributed by atoms with Crippen LogP contribution in [0, 0.1) is 5.82 Å². The third-order valence-electron chi connectivity index (χ3n) is 6.56. The normalized spacial score (nSPS) is 21.0. The van der Waals surface area contributed by atoms with E-state index in [4.69, 9.17) is 0 Å². The Balaban J connectivity index is 1.51. The van der Waals surface area contributed by atoms with E-state index in [1.54, 1.807) is 0 Å². The molecule has 1 aliphatic rings. The Kier molecular flexibility index (Phi) is 6.73. The number of amides is 1. The summed E-state index contributed by atoms with van der Waals surface area (Å²) in [6.45, 7) is 0. The van der Waals surface area contributed by atoms with E-state index in [0.717, 1.165) is 33.8 Å². The molecule has 3 aromatic rings. The van der Waals surface area contributed by atoms with Crippen LogP contribution in [0.3, 0.4) is 0 Å². The van der Waals surface area contributed by atoms with Gasteiger partial charge < -0.3 is 9.30 Å². The molecule has 0 N–H and O–H groups in total. The Bertz CT molecular complexity index is 1490. The van der Waals surface area contributed by atoms with Crippen molar-refractivity contribution in [3.63, 3.8) is 0 Å². The average Bonchev–Trinajstić information content (AvgIpc) is 3.25. The van der Waals surface area contributed by atoms with Crippen molar-refractivity contribution in [1.29, 1.82) is 0 Å². The molecule has 1 aromatic carbocycles. The first-order valence-electron chi connectivity index (χ1n) is 11.1. The quantitative estimate of drug-likeness (QED) is 0.380. The maximum atomic E-state index is 15.6. The minimum Gasteiger partial charge on any atom is -0.337 e. The maximum Gasteiger partial charge on any atom is 0.417 e. The van der Waals surface area contributed by atoms with Crippen LogP contribution in [-0.4, -0.2) is 46.7 Å². The molecule has 206 valence electrons. The van der Waals surface area contributed by atoms with Crippen LogP contribution < -0.4 is 0 Å². The van der Waals surface area contributed by atoms with Crippen LogP contribution in [0.15, 0.2) is 47.6 Å². The number of carbonyl (C=O) groups excluding carboxylic acids is 1. The van der Waals surface area contributed by atoms with Crippen molar-refractivity contribution in [2.75, 3.05) is 7.05 Å². The van der Waals surface area contributed by atoms with Crippen molar-refractivity contribution in [3.8, 4) is 0 Å². The first kappa shape index (κ1) is 27.8. The summed E-state index contributed by atoms with van der Waals surface area (Å²) in [5.41, 5.74) is -2.66. The fourth-order valence-corrected chi connectivity index (χ4v) is 6.14. The minimum absolute atomic E-state index is 0.0700.